The molecule has 6 heteroatoms. The zero-order valence-electron chi connectivity index (χ0n) is 13.2. The van der Waals surface area contributed by atoms with E-state index in [0.717, 1.165) is 49.8 Å². The molecule has 1 N–H and O–H groups in total. The van der Waals surface area contributed by atoms with E-state index in [1.54, 1.807) is 14.2 Å². The van der Waals surface area contributed by atoms with E-state index in [4.69, 9.17) is 14.6 Å². The zero-order valence-corrected chi connectivity index (χ0v) is 13.2. The first-order valence-corrected chi connectivity index (χ1v) is 7.49. The number of hydrogen-bond acceptors (Lipinski definition) is 5. The summed E-state index contributed by atoms with van der Waals surface area (Å²) in [6, 6.07) is 5.92. The van der Waals surface area contributed by atoms with E-state index in [1.807, 2.05) is 18.2 Å². The van der Waals surface area contributed by atoms with Crippen molar-refractivity contribution in [3.63, 3.8) is 0 Å². The van der Waals surface area contributed by atoms with Crippen LogP contribution in [0.2, 0.25) is 0 Å². The van der Waals surface area contributed by atoms with Crippen molar-refractivity contribution in [3.05, 3.63) is 23.8 Å². The fraction of sp³-hybridized carbons (Fsp3) is 0.562. The lowest BCUT2D eigenvalue weighted by atomic mass is 10.1. The Bertz CT molecular complexity index is 477. The number of methoxy groups -OCH3 is 2. The molecule has 1 aliphatic rings. The summed E-state index contributed by atoms with van der Waals surface area (Å²) in [4.78, 5) is 15.2. The van der Waals surface area contributed by atoms with Gasteiger partial charge in [-0.15, -0.1) is 0 Å². The number of aliphatic carboxylic acids is 1. The molecule has 22 heavy (non-hydrogen) atoms. The molecule has 0 spiro atoms. The molecule has 2 rings (SSSR count). The van der Waals surface area contributed by atoms with Crippen LogP contribution in [0, 0.1) is 0 Å². The SMILES string of the molecule is COc1cc(CN2CCN(CCC(=O)O)CC2)cc(OC)c1. The van der Waals surface area contributed by atoms with E-state index in [-0.39, 0.29) is 6.42 Å². The van der Waals surface area contributed by atoms with Crippen LogP contribution in [0.4, 0.5) is 0 Å². The van der Waals surface area contributed by atoms with Crippen molar-refractivity contribution >= 4 is 5.97 Å². The van der Waals surface area contributed by atoms with Crippen LogP contribution < -0.4 is 9.47 Å². The van der Waals surface area contributed by atoms with Gasteiger partial charge >= 0.3 is 5.97 Å². The van der Waals surface area contributed by atoms with E-state index >= 15 is 0 Å². The Hall–Kier alpha value is -1.79. The summed E-state index contributed by atoms with van der Waals surface area (Å²) in [5.41, 5.74) is 1.16. The van der Waals surface area contributed by atoms with E-state index in [9.17, 15) is 4.79 Å². The molecule has 1 aromatic carbocycles. The van der Waals surface area contributed by atoms with E-state index < -0.39 is 5.97 Å². The maximum Gasteiger partial charge on any atom is 0.304 e. The molecule has 0 bridgehead atoms. The molecule has 0 amide bonds. The highest BCUT2D eigenvalue weighted by molar-refractivity contribution is 5.66. The summed E-state index contributed by atoms with van der Waals surface area (Å²) in [6.07, 6.45) is 0.215. The van der Waals surface area contributed by atoms with Gasteiger partial charge in [0.25, 0.3) is 0 Å². The van der Waals surface area contributed by atoms with Crippen LogP contribution in [-0.2, 0) is 11.3 Å². The third-order valence-electron chi connectivity index (χ3n) is 3.92. The molecule has 0 radical (unpaired) electrons. The Morgan fingerprint density at radius 2 is 1.59 bits per heavy atom. The van der Waals surface area contributed by atoms with Crippen LogP contribution in [0.1, 0.15) is 12.0 Å². The number of rotatable bonds is 7. The highest BCUT2D eigenvalue weighted by Crippen LogP contribution is 2.23. The van der Waals surface area contributed by atoms with Crippen molar-refractivity contribution in [1.29, 1.82) is 0 Å². The summed E-state index contributed by atoms with van der Waals surface area (Å²) in [7, 11) is 3.31. The van der Waals surface area contributed by atoms with Gasteiger partial charge in [-0.25, -0.2) is 0 Å². The summed E-state index contributed by atoms with van der Waals surface area (Å²) < 4.78 is 10.6. The average Bonchev–Trinajstić information content (AvgIpc) is 2.53. The highest BCUT2D eigenvalue weighted by atomic mass is 16.5. The van der Waals surface area contributed by atoms with Gasteiger partial charge in [-0.05, 0) is 17.7 Å². The van der Waals surface area contributed by atoms with Crippen LogP contribution in [0.3, 0.4) is 0 Å². The maximum atomic E-state index is 10.6. The molecule has 0 unspecified atom stereocenters. The van der Waals surface area contributed by atoms with Gasteiger partial charge in [0.2, 0.25) is 0 Å². The van der Waals surface area contributed by atoms with Crippen LogP contribution in [0.15, 0.2) is 18.2 Å². The van der Waals surface area contributed by atoms with Crippen LogP contribution in [0.25, 0.3) is 0 Å². The standard InChI is InChI=1S/C16H24N2O4/c1-21-14-9-13(10-15(11-14)22-2)12-18-7-5-17(6-8-18)4-3-16(19)20/h9-11H,3-8,12H2,1-2H3,(H,19,20). The number of hydrogen-bond donors (Lipinski definition) is 1. The third-order valence-corrected chi connectivity index (χ3v) is 3.92. The molecule has 0 atom stereocenters. The number of carboxylic acids is 1. The molecule has 122 valence electrons. The number of piperazine rings is 1. The first-order valence-electron chi connectivity index (χ1n) is 7.49. The van der Waals surface area contributed by atoms with E-state index in [0.29, 0.717) is 6.54 Å². The van der Waals surface area contributed by atoms with Crippen LogP contribution >= 0.6 is 0 Å². The summed E-state index contributed by atoms with van der Waals surface area (Å²) >= 11 is 0. The molecule has 1 heterocycles. The zero-order chi connectivity index (χ0) is 15.9. The first-order chi connectivity index (χ1) is 10.6. The molecule has 1 fully saturated rings. The van der Waals surface area contributed by atoms with Gasteiger partial charge < -0.3 is 19.5 Å². The van der Waals surface area contributed by atoms with Crippen molar-refractivity contribution in [1.82, 2.24) is 9.80 Å². The van der Waals surface area contributed by atoms with Gasteiger partial charge in [0.15, 0.2) is 0 Å². The minimum absolute atomic E-state index is 0.215. The number of nitrogens with zero attached hydrogens (tertiary/aromatic N) is 2. The molecule has 1 aromatic rings. The number of ether oxygens (including phenoxy) is 2. The third kappa shape index (κ3) is 4.89. The molecule has 0 saturated carbocycles. The Morgan fingerprint density at radius 1 is 1.05 bits per heavy atom. The fourth-order valence-corrected chi connectivity index (χ4v) is 2.64. The topological polar surface area (TPSA) is 62.2 Å². The number of carbonyl (C=O) groups is 1. The van der Waals surface area contributed by atoms with Crippen molar-refractivity contribution in [2.24, 2.45) is 0 Å². The molecule has 0 aromatic heterocycles. The van der Waals surface area contributed by atoms with E-state index in [2.05, 4.69) is 9.80 Å². The summed E-state index contributed by atoms with van der Waals surface area (Å²) in [5.74, 6) is 0.870. The van der Waals surface area contributed by atoms with Crippen molar-refractivity contribution in [2.45, 2.75) is 13.0 Å². The maximum absolute atomic E-state index is 10.6. The minimum Gasteiger partial charge on any atom is -0.497 e. The minimum atomic E-state index is -0.731. The normalized spacial score (nSPS) is 16.5. The average molecular weight is 308 g/mol. The van der Waals surface area contributed by atoms with Crippen molar-refractivity contribution in [3.8, 4) is 11.5 Å². The predicted molar refractivity (Wildman–Crippen MR) is 83.5 cm³/mol. The quantitative estimate of drug-likeness (QED) is 0.819. The van der Waals surface area contributed by atoms with Gasteiger partial charge in [-0.1, -0.05) is 0 Å². The molecule has 1 saturated heterocycles. The molecule has 1 aliphatic heterocycles. The van der Waals surface area contributed by atoms with Gasteiger partial charge in [0.1, 0.15) is 11.5 Å². The summed E-state index contributed by atoms with van der Waals surface area (Å²) in [6.45, 7) is 5.19. The second kappa shape index (κ2) is 8.00. The number of benzene rings is 1. The molecule has 0 aliphatic carbocycles. The molecule has 6 nitrogen and oxygen atoms in total. The molecular weight excluding hydrogens is 284 g/mol. The largest absolute Gasteiger partial charge is 0.497 e. The second-order valence-electron chi connectivity index (χ2n) is 5.48. The highest BCUT2D eigenvalue weighted by Gasteiger charge is 2.17. The van der Waals surface area contributed by atoms with Crippen LogP contribution in [0.5, 0.6) is 11.5 Å². The second-order valence-corrected chi connectivity index (χ2v) is 5.48. The first kappa shape index (κ1) is 16.6. The number of carboxylic acid groups (broad SMARTS) is 1. The Morgan fingerprint density at radius 3 is 2.09 bits per heavy atom. The lowest BCUT2D eigenvalue weighted by molar-refractivity contribution is -0.137. The smallest absolute Gasteiger partial charge is 0.304 e. The van der Waals surface area contributed by atoms with Gasteiger partial charge in [0, 0.05) is 45.3 Å². The predicted octanol–water partition coefficient (Wildman–Crippen LogP) is 1.30. The summed E-state index contributed by atoms with van der Waals surface area (Å²) in [5, 5.41) is 8.73. The Kier molecular flexibility index (Phi) is 6.03. The molecular formula is C16H24N2O4. The Balaban J connectivity index is 1.86. The van der Waals surface area contributed by atoms with Gasteiger partial charge in [-0.2, -0.15) is 0 Å². The lowest BCUT2D eigenvalue weighted by Gasteiger charge is -2.34. The fourth-order valence-electron chi connectivity index (χ4n) is 2.64. The monoisotopic (exact) mass is 308 g/mol. The van der Waals surface area contributed by atoms with Gasteiger partial charge in [-0.3, -0.25) is 9.69 Å². The Labute approximate surface area is 131 Å². The van der Waals surface area contributed by atoms with Crippen LogP contribution in [-0.4, -0.2) is 67.8 Å². The van der Waals surface area contributed by atoms with Gasteiger partial charge in [0.05, 0.1) is 20.6 Å². The van der Waals surface area contributed by atoms with E-state index in [1.165, 1.54) is 0 Å². The van der Waals surface area contributed by atoms with Crippen molar-refractivity contribution in [2.75, 3.05) is 46.9 Å². The lowest BCUT2D eigenvalue weighted by Crippen LogP contribution is -2.46. The van der Waals surface area contributed by atoms with Crippen molar-refractivity contribution < 1.29 is 19.4 Å².